The van der Waals surface area contributed by atoms with Gasteiger partial charge >= 0.3 is 0 Å². The normalized spacial score (nSPS) is 14.1. The van der Waals surface area contributed by atoms with E-state index in [4.69, 9.17) is 4.98 Å². The van der Waals surface area contributed by atoms with Crippen LogP contribution in [-0.2, 0) is 12.8 Å². The van der Waals surface area contributed by atoms with Crippen LogP contribution in [-0.4, -0.2) is 20.2 Å². The Balaban J connectivity index is 1.90. The fraction of sp³-hybridized carbons (Fsp3) is 0.190. The van der Waals surface area contributed by atoms with Crippen molar-refractivity contribution in [1.29, 1.82) is 0 Å². The van der Waals surface area contributed by atoms with E-state index in [-0.39, 0.29) is 11.5 Å². The van der Waals surface area contributed by atoms with Gasteiger partial charge in [0.05, 0.1) is 11.2 Å². The van der Waals surface area contributed by atoms with Gasteiger partial charge in [-0.25, -0.2) is 4.98 Å². The Kier molecular flexibility index (Phi) is 3.01. The van der Waals surface area contributed by atoms with Gasteiger partial charge in [-0.05, 0) is 67.1 Å². The molecule has 0 aliphatic heterocycles. The van der Waals surface area contributed by atoms with E-state index in [0.717, 1.165) is 36.0 Å². The maximum atomic E-state index is 10.4. The molecule has 0 fully saturated rings. The van der Waals surface area contributed by atoms with Crippen molar-refractivity contribution in [3.05, 3.63) is 53.7 Å². The summed E-state index contributed by atoms with van der Waals surface area (Å²) in [7, 11) is 0. The first-order chi connectivity index (χ1) is 12.2. The number of nitrogens with one attached hydrogen (secondary N) is 1. The van der Waals surface area contributed by atoms with Crippen LogP contribution in [0.1, 0.15) is 24.0 Å². The summed E-state index contributed by atoms with van der Waals surface area (Å²) in [6.07, 6.45) is 6.28. The highest BCUT2D eigenvalue weighted by Gasteiger charge is 2.22. The fourth-order valence-corrected chi connectivity index (χ4v) is 4.11. The summed E-state index contributed by atoms with van der Waals surface area (Å²) in [6, 6.07) is 11.0. The third kappa shape index (κ3) is 2.10. The lowest BCUT2D eigenvalue weighted by molar-refractivity contribution is 0.451. The fourth-order valence-electron chi connectivity index (χ4n) is 4.11. The molecule has 0 saturated carbocycles. The molecule has 5 rings (SSSR count). The Morgan fingerprint density at radius 1 is 0.920 bits per heavy atom. The van der Waals surface area contributed by atoms with Crippen molar-refractivity contribution in [1.82, 2.24) is 9.97 Å². The van der Waals surface area contributed by atoms with Crippen molar-refractivity contribution in [2.24, 2.45) is 0 Å². The third-order valence-electron chi connectivity index (χ3n) is 5.24. The number of aromatic hydroxyl groups is 2. The van der Waals surface area contributed by atoms with Crippen LogP contribution in [0.3, 0.4) is 0 Å². The topological polar surface area (TPSA) is 69.1 Å². The largest absolute Gasteiger partial charge is 0.508 e. The SMILES string of the molecule is Oc1ccc(-c2nc3ccc4[nH]ccc4c3c3c2CCCC3)c(O)c1. The van der Waals surface area contributed by atoms with Crippen LogP contribution < -0.4 is 0 Å². The summed E-state index contributed by atoms with van der Waals surface area (Å²) in [5.41, 5.74) is 6.19. The van der Waals surface area contributed by atoms with E-state index >= 15 is 0 Å². The Hall–Kier alpha value is -3.01. The second-order valence-electron chi connectivity index (χ2n) is 6.72. The first-order valence-electron chi connectivity index (χ1n) is 8.66. The summed E-state index contributed by atoms with van der Waals surface area (Å²) >= 11 is 0. The Morgan fingerprint density at radius 2 is 1.76 bits per heavy atom. The van der Waals surface area contributed by atoms with Crippen molar-refractivity contribution in [2.45, 2.75) is 25.7 Å². The molecule has 0 amide bonds. The zero-order chi connectivity index (χ0) is 17.0. The Morgan fingerprint density at radius 3 is 2.60 bits per heavy atom. The number of nitrogens with zero attached hydrogens (tertiary/aromatic N) is 1. The molecule has 124 valence electrons. The molecule has 0 radical (unpaired) electrons. The molecule has 0 unspecified atom stereocenters. The lowest BCUT2D eigenvalue weighted by Crippen LogP contribution is -2.08. The molecule has 25 heavy (non-hydrogen) atoms. The van der Waals surface area contributed by atoms with Gasteiger partial charge in [0.15, 0.2) is 0 Å². The quantitative estimate of drug-likeness (QED) is 0.475. The molecule has 3 N–H and O–H groups in total. The highest BCUT2D eigenvalue weighted by Crippen LogP contribution is 2.40. The van der Waals surface area contributed by atoms with Crippen molar-refractivity contribution in [3.8, 4) is 22.8 Å². The minimum Gasteiger partial charge on any atom is -0.508 e. The minimum absolute atomic E-state index is 0.0601. The van der Waals surface area contributed by atoms with Crippen LogP contribution in [0.15, 0.2) is 42.6 Å². The molecule has 4 nitrogen and oxygen atoms in total. The molecular formula is C21H18N2O2. The van der Waals surface area contributed by atoms with Gasteiger partial charge in [0.2, 0.25) is 0 Å². The summed E-state index contributed by atoms with van der Waals surface area (Å²) in [5, 5.41) is 22.4. The number of hydrogen-bond acceptors (Lipinski definition) is 3. The van der Waals surface area contributed by atoms with Gasteiger partial charge < -0.3 is 15.2 Å². The molecule has 0 bridgehead atoms. The summed E-state index contributed by atoms with van der Waals surface area (Å²) in [5.74, 6) is 0.132. The van der Waals surface area contributed by atoms with E-state index in [0.29, 0.717) is 5.56 Å². The number of aromatic nitrogens is 2. The van der Waals surface area contributed by atoms with Gasteiger partial charge in [-0.2, -0.15) is 0 Å². The molecular weight excluding hydrogens is 312 g/mol. The predicted octanol–water partition coefficient (Wildman–Crippen LogP) is 4.67. The Labute approximate surface area is 144 Å². The molecule has 2 aromatic heterocycles. The number of benzene rings is 2. The van der Waals surface area contributed by atoms with Crippen molar-refractivity contribution in [3.63, 3.8) is 0 Å². The molecule has 0 saturated heterocycles. The first kappa shape index (κ1) is 14.3. The van der Waals surface area contributed by atoms with E-state index in [1.165, 1.54) is 34.4 Å². The number of aryl methyl sites for hydroxylation is 1. The number of H-pyrrole nitrogens is 1. The number of pyridine rings is 1. The van der Waals surface area contributed by atoms with Crippen LogP contribution in [0.5, 0.6) is 11.5 Å². The van der Waals surface area contributed by atoms with Gasteiger partial charge in [0.1, 0.15) is 11.5 Å². The average Bonchev–Trinajstić information content (AvgIpc) is 3.10. The number of hydrogen-bond donors (Lipinski definition) is 3. The molecule has 1 aliphatic rings. The second-order valence-corrected chi connectivity index (χ2v) is 6.72. The number of phenolic OH excluding ortho intramolecular Hbond substituents is 2. The van der Waals surface area contributed by atoms with Gasteiger partial charge in [-0.3, -0.25) is 0 Å². The molecule has 2 aromatic carbocycles. The van der Waals surface area contributed by atoms with Gasteiger partial charge in [-0.1, -0.05) is 0 Å². The van der Waals surface area contributed by atoms with Gasteiger partial charge in [0.25, 0.3) is 0 Å². The lowest BCUT2D eigenvalue weighted by atomic mass is 9.85. The molecule has 4 heteroatoms. The molecule has 4 aromatic rings. The maximum Gasteiger partial charge on any atom is 0.128 e. The minimum atomic E-state index is 0.0601. The molecule has 1 aliphatic carbocycles. The number of aromatic amines is 1. The van der Waals surface area contributed by atoms with Crippen LogP contribution >= 0.6 is 0 Å². The zero-order valence-corrected chi connectivity index (χ0v) is 13.7. The smallest absolute Gasteiger partial charge is 0.128 e. The predicted molar refractivity (Wildman–Crippen MR) is 99.0 cm³/mol. The van der Waals surface area contributed by atoms with E-state index < -0.39 is 0 Å². The summed E-state index contributed by atoms with van der Waals surface area (Å²) < 4.78 is 0. The molecule has 0 atom stereocenters. The first-order valence-corrected chi connectivity index (χ1v) is 8.66. The van der Waals surface area contributed by atoms with Crippen molar-refractivity contribution >= 4 is 21.8 Å². The van der Waals surface area contributed by atoms with E-state index in [9.17, 15) is 10.2 Å². The van der Waals surface area contributed by atoms with Gasteiger partial charge in [0, 0.05) is 34.1 Å². The van der Waals surface area contributed by atoms with Crippen molar-refractivity contribution < 1.29 is 10.2 Å². The van der Waals surface area contributed by atoms with Crippen LogP contribution in [0.25, 0.3) is 33.1 Å². The maximum absolute atomic E-state index is 10.4. The number of phenols is 2. The van der Waals surface area contributed by atoms with E-state index in [1.54, 1.807) is 12.1 Å². The van der Waals surface area contributed by atoms with Crippen LogP contribution in [0.4, 0.5) is 0 Å². The summed E-state index contributed by atoms with van der Waals surface area (Å²) in [6.45, 7) is 0. The monoisotopic (exact) mass is 330 g/mol. The number of rotatable bonds is 1. The van der Waals surface area contributed by atoms with Crippen molar-refractivity contribution in [2.75, 3.05) is 0 Å². The number of fused-ring (bicyclic) bond motifs is 5. The Bertz CT molecular complexity index is 1130. The van der Waals surface area contributed by atoms with Crippen LogP contribution in [0, 0.1) is 0 Å². The van der Waals surface area contributed by atoms with Crippen LogP contribution in [0.2, 0.25) is 0 Å². The highest BCUT2D eigenvalue weighted by atomic mass is 16.3. The lowest BCUT2D eigenvalue weighted by Gasteiger charge is -2.22. The second kappa shape index (κ2) is 5.24. The van der Waals surface area contributed by atoms with Gasteiger partial charge in [-0.15, -0.1) is 0 Å². The van der Waals surface area contributed by atoms with E-state index in [2.05, 4.69) is 17.1 Å². The third-order valence-corrected chi connectivity index (χ3v) is 5.24. The highest BCUT2D eigenvalue weighted by molar-refractivity contribution is 6.08. The zero-order valence-electron chi connectivity index (χ0n) is 13.7. The van der Waals surface area contributed by atoms with E-state index in [1.807, 2.05) is 12.3 Å². The molecule has 0 spiro atoms. The average molecular weight is 330 g/mol. The molecule has 2 heterocycles. The standard InChI is InChI=1S/C21H18N2O2/c24-12-5-6-16(19(25)11-12)21-14-4-2-1-3-13(14)20-15-9-10-22-17(15)7-8-18(20)23-21/h5-11,22,24-25H,1-4H2. The summed E-state index contributed by atoms with van der Waals surface area (Å²) in [4.78, 5) is 8.21.